The van der Waals surface area contributed by atoms with Crippen LogP contribution in [-0.2, 0) is 16.0 Å². The predicted molar refractivity (Wildman–Crippen MR) is 111 cm³/mol. The van der Waals surface area contributed by atoms with E-state index >= 15 is 0 Å². The monoisotopic (exact) mass is 388 g/mol. The molecule has 4 rings (SSSR count). The molecule has 1 fully saturated rings. The maximum Gasteiger partial charge on any atom is 0.251 e. The van der Waals surface area contributed by atoms with Gasteiger partial charge in [0.15, 0.2) is 0 Å². The second-order valence-corrected chi connectivity index (χ2v) is 7.71. The van der Waals surface area contributed by atoms with Crippen molar-refractivity contribution in [3.05, 3.63) is 77.9 Å². The number of nitrogens with one attached hydrogen (secondary N) is 1. The number of amides is 3. The average molecular weight is 388 g/mol. The highest BCUT2D eigenvalue weighted by molar-refractivity contribution is 6.22. The van der Waals surface area contributed by atoms with Gasteiger partial charge in [-0.3, -0.25) is 19.3 Å². The zero-order valence-electron chi connectivity index (χ0n) is 16.4. The van der Waals surface area contributed by atoms with Gasteiger partial charge in [0, 0.05) is 12.1 Å². The van der Waals surface area contributed by atoms with Gasteiger partial charge >= 0.3 is 0 Å². The third-order valence-electron chi connectivity index (χ3n) is 5.78. The molecular weight excluding hydrogens is 364 g/mol. The fraction of sp³-hybridized carbons (Fsp3) is 0.292. The maximum absolute atomic E-state index is 12.9. The number of fused-ring (bicyclic) bond motifs is 1. The summed E-state index contributed by atoms with van der Waals surface area (Å²) >= 11 is 0. The number of hydrogen-bond acceptors (Lipinski definition) is 3. The van der Waals surface area contributed by atoms with Crippen LogP contribution in [0, 0.1) is 17.8 Å². The predicted octanol–water partition coefficient (Wildman–Crippen LogP) is 3.36. The van der Waals surface area contributed by atoms with E-state index in [9.17, 15) is 14.4 Å². The van der Waals surface area contributed by atoms with Crippen molar-refractivity contribution in [3.63, 3.8) is 0 Å². The SMILES string of the molecule is C[C@@H]1C=CC[C@@H]2C(=O)N(c3cccc(C(=O)NCCc4ccccc4)c3)C(=O)[C@@H]12. The number of carbonyl (C=O) groups excluding carboxylic acids is 3. The zero-order valence-corrected chi connectivity index (χ0v) is 16.4. The lowest BCUT2D eigenvalue weighted by Crippen LogP contribution is -2.32. The summed E-state index contributed by atoms with van der Waals surface area (Å²) in [5.74, 6) is -1.12. The van der Waals surface area contributed by atoms with Crippen LogP contribution < -0.4 is 10.2 Å². The quantitative estimate of drug-likeness (QED) is 0.631. The van der Waals surface area contributed by atoms with Crippen molar-refractivity contribution < 1.29 is 14.4 Å². The smallest absolute Gasteiger partial charge is 0.251 e. The Bertz CT molecular complexity index is 967. The molecule has 29 heavy (non-hydrogen) atoms. The van der Waals surface area contributed by atoms with Gasteiger partial charge in [-0.2, -0.15) is 0 Å². The lowest BCUT2D eigenvalue weighted by molar-refractivity contribution is -0.122. The lowest BCUT2D eigenvalue weighted by atomic mass is 9.78. The number of anilines is 1. The number of hydrogen-bond donors (Lipinski definition) is 1. The van der Waals surface area contributed by atoms with Gasteiger partial charge in [-0.05, 0) is 42.5 Å². The molecular formula is C24H24N2O3. The summed E-state index contributed by atoms with van der Waals surface area (Å²) in [6.07, 6.45) is 5.32. The minimum atomic E-state index is -0.309. The summed E-state index contributed by atoms with van der Waals surface area (Å²) in [5.41, 5.74) is 2.06. The molecule has 1 saturated heterocycles. The van der Waals surface area contributed by atoms with E-state index in [-0.39, 0.29) is 35.5 Å². The van der Waals surface area contributed by atoms with E-state index in [1.54, 1.807) is 24.3 Å². The molecule has 2 aromatic rings. The molecule has 1 aliphatic carbocycles. The van der Waals surface area contributed by atoms with Gasteiger partial charge in [-0.1, -0.05) is 55.5 Å². The van der Waals surface area contributed by atoms with Gasteiger partial charge < -0.3 is 5.32 Å². The van der Waals surface area contributed by atoms with Crippen molar-refractivity contribution in [1.82, 2.24) is 5.32 Å². The van der Waals surface area contributed by atoms with E-state index in [1.807, 2.05) is 49.4 Å². The highest BCUT2D eigenvalue weighted by Crippen LogP contribution is 2.40. The van der Waals surface area contributed by atoms with E-state index < -0.39 is 0 Å². The Labute approximate surface area is 170 Å². The number of nitrogens with zero attached hydrogens (tertiary/aromatic N) is 1. The van der Waals surface area contributed by atoms with Crippen LogP contribution in [0.5, 0.6) is 0 Å². The molecule has 0 unspecified atom stereocenters. The van der Waals surface area contributed by atoms with Crippen molar-refractivity contribution in [2.75, 3.05) is 11.4 Å². The summed E-state index contributed by atoms with van der Waals surface area (Å²) in [5, 5.41) is 2.91. The molecule has 5 heteroatoms. The number of benzene rings is 2. The molecule has 0 radical (unpaired) electrons. The van der Waals surface area contributed by atoms with Crippen LogP contribution in [0.2, 0.25) is 0 Å². The first-order chi connectivity index (χ1) is 14.1. The number of imide groups is 1. The molecule has 2 aliphatic rings. The summed E-state index contributed by atoms with van der Waals surface area (Å²) in [6.45, 7) is 2.49. The normalized spacial score (nSPS) is 23.2. The molecule has 5 nitrogen and oxygen atoms in total. The molecule has 1 aliphatic heterocycles. The molecule has 2 aromatic carbocycles. The van der Waals surface area contributed by atoms with Crippen LogP contribution in [0.15, 0.2) is 66.7 Å². The Balaban J connectivity index is 1.46. The van der Waals surface area contributed by atoms with E-state index in [1.165, 1.54) is 4.90 Å². The van der Waals surface area contributed by atoms with Crippen LogP contribution in [0.3, 0.4) is 0 Å². The molecule has 3 atom stereocenters. The lowest BCUT2D eigenvalue weighted by Gasteiger charge is -2.22. The van der Waals surface area contributed by atoms with Crippen molar-refractivity contribution in [2.24, 2.45) is 17.8 Å². The van der Waals surface area contributed by atoms with Crippen LogP contribution >= 0.6 is 0 Å². The largest absolute Gasteiger partial charge is 0.352 e. The Morgan fingerprint density at radius 3 is 2.62 bits per heavy atom. The van der Waals surface area contributed by atoms with Gasteiger partial charge in [0.05, 0.1) is 17.5 Å². The molecule has 0 spiro atoms. The first-order valence-corrected chi connectivity index (χ1v) is 10.0. The third-order valence-corrected chi connectivity index (χ3v) is 5.78. The second kappa shape index (κ2) is 8.03. The van der Waals surface area contributed by atoms with E-state index in [2.05, 4.69) is 5.32 Å². The van der Waals surface area contributed by atoms with Gasteiger partial charge in [-0.25, -0.2) is 0 Å². The summed E-state index contributed by atoms with van der Waals surface area (Å²) in [4.78, 5) is 39.6. The first kappa shape index (κ1) is 19.1. The minimum Gasteiger partial charge on any atom is -0.352 e. The maximum atomic E-state index is 12.9. The summed E-state index contributed by atoms with van der Waals surface area (Å²) in [6, 6.07) is 16.7. The van der Waals surface area contributed by atoms with Gasteiger partial charge in [-0.15, -0.1) is 0 Å². The topological polar surface area (TPSA) is 66.5 Å². The third kappa shape index (κ3) is 3.73. The molecule has 3 amide bonds. The average Bonchev–Trinajstić information content (AvgIpc) is 3.00. The Morgan fingerprint density at radius 2 is 1.86 bits per heavy atom. The van der Waals surface area contributed by atoms with Gasteiger partial charge in [0.25, 0.3) is 5.91 Å². The first-order valence-electron chi connectivity index (χ1n) is 10.0. The van der Waals surface area contributed by atoms with Crippen LogP contribution in [-0.4, -0.2) is 24.3 Å². The van der Waals surface area contributed by atoms with Crippen LogP contribution in [0.1, 0.15) is 29.3 Å². The van der Waals surface area contributed by atoms with E-state index in [0.29, 0.717) is 24.2 Å². The summed E-state index contributed by atoms with van der Waals surface area (Å²) in [7, 11) is 0. The van der Waals surface area contributed by atoms with Crippen molar-refractivity contribution in [1.29, 1.82) is 0 Å². The minimum absolute atomic E-state index is 0.0414. The van der Waals surface area contributed by atoms with Crippen molar-refractivity contribution in [2.45, 2.75) is 19.8 Å². The molecule has 0 aromatic heterocycles. The van der Waals surface area contributed by atoms with Gasteiger partial charge in [0.1, 0.15) is 0 Å². The number of allylic oxidation sites excluding steroid dienone is 2. The van der Waals surface area contributed by atoms with Crippen molar-refractivity contribution >= 4 is 23.4 Å². The van der Waals surface area contributed by atoms with Crippen LogP contribution in [0.4, 0.5) is 5.69 Å². The second-order valence-electron chi connectivity index (χ2n) is 7.71. The zero-order chi connectivity index (χ0) is 20.4. The fourth-order valence-electron chi connectivity index (χ4n) is 4.26. The molecule has 0 bridgehead atoms. The Hall–Kier alpha value is -3.21. The standard InChI is InChI=1S/C24H24N2O3/c1-16-7-5-12-20-21(16)24(29)26(23(20)28)19-11-6-10-18(15-19)22(27)25-14-13-17-8-3-2-4-9-17/h2-11,15-16,20-21H,12-14H2,1H3,(H,25,27)/t16-,20+,21+/m1/s1. The highest BCUT2D eigenvalue weighted by Gasteiger charge is 2.50. The molecule has 1 N–H and O–H groups in total. The number of carbonyl (C=O) groups is 3. The van der Waals surface area contributed by atoms with Crippen LogP contribution in [0.25, 0.3) is 0 Å². The molecule has 148 valence electrons. The van der Waals surface area contributed by atoms with Crippen molar-refractivity contribution in [3.8, 4) is 0 Å². The highest BCUT2D eigenvalue weighted by atomic mass is 16.2. The number of rotatable bonds is 5. The molecule has 0 saturated carbocycles. The fourth-order valence-corrected chi connectivity index (χ4v) is 4.26. The van der Waals surface area contributed by atoms with E-state index in [0.717, 1.165) is 12.0 Å². The van der Waals surface area contributed by atoms with E-state index in [4.69, 9.17) is 0 Å². The summed E-state index contributed by atoms with van der Waals surface area (Å²) < 4.78 is 0. The Kier molecular flexibility index (Phi) is 5.30. The molecule has 1 heterocycles. The Morgan fingerprint density at radius 1 is 1.07 bits per heavy atom. The van der Waals surface area contributed by atoms with Gasteiger partial charge in [0.2, 0.25) is 11.8 Å².